The summed E-state index contributed by atoms with van der Waals surface area (Å²) in [5, 5.41) is 7.03. The van der Waals surface area contributed by atoms with Crippen LogP contribution in [-0.4, -0.2) is 76.6 Å². The van der Waals surface area contributed by atoms with Crippen LogP contribution in [0.4, 0.5) is 0 Å². The number of benzene rings is 1. The van der Waals surface area contributed by atoms with Gasteiger partial charge >= 0.3 is 0 Å². The minimum absolute atomic E-state index is 0. The second-order valence-electron chi connectivity index (χ2n) is 7.49. The first kappa shape index (κ1) is 23.4. The highest BCUT2D eigenvalue weighted by atomic mass is 127. The summed E-state index contributed by atoms with van der Waals surface area (Å²) in [5.41, 5.74) is 1.34. The molecule has 3 unspecified atom stereocenters. The standard InChI is InChI=1S/C21H34N4O2.HI/c1-17(18-6-4-3-5-7-18)14-23-21(22-2)24-15-20(19-8-11-27-16-19)25-9-12-26-13-10-25;/h3-7,17,19-20H,8-16H2,1-2H3,(H2,22,23,24);1H. The third-order valence-electron chi connectivity index (χ3n) is 5.67. The predicted molar refractivity (Wildman–Crippen MR) is 125 cm³/mol. The van der Waals surface area contributed by atoms with E-state index in [1.54, 1.807) is 0 Å². The van der Waals surface area contributed by atoms with Gasteiger partial charge in [0.2, 0.25) is 0 Å². The van der Waals surface area contributed by atoms with Gasteiger partial charge in [-0.15, -0.1) is 24.0 Å². The molecule has 1 aromatic carbocycles. The van der Waals surface area contributed by atoms with Gasteiger partial charge in [0.15, 0.2) is 5.96 Å². The molecule has 7 heteroatoms. The van der Waals surface area contributed by atoms with Crippen LogP contribution < -0.4 is 10.6 Å². The zero-order valence-corrected chi connectivity index (χ0v) is 19.4. The highest BCUT2D eigenvalue weighted by Gasteiger charge is 2.31. The maximum absolute atomic E-state index is 5.66. The van der Waals surface area contributed by atoms with Crippen molar-refractivity contribution in [3.8, 4) is 0 Å². The Morgan fingerprint density at radius 1 is 1.11 bits per heavy atom. The Labute approximate surface area is 186 Å². The van der Waals surface area contributed by atoms with Crippen molar-refractivity contribution in [2.75, 3.05) is 59.7 Å². The average Bonchev–Trinajstić information content (AvgIpc) is 3.26. The molecule has 0 amide bonds. The number of nitrogens with one attached hydrogen (secondary N) is 2. The van der Waals surface area contributed by atoms with Crippen molar-refractivity contribution in [2.45, 2.75) is 25.3 Å². The molecular formula is C21H35IN4O2. The number of morpholine rings is 1. The van der Waals surface area contributed by atoms with Crippen LogP contribution in [0.3, 0.4) is 0 Å². The van der Waals surface area contributed by atoms with E-state index in [0.29, 0.717) is 17.9 Å². The summed E-state index contributed by atoms with van der Waals surface area (Å²) in [6, 6.07) is 11.1. The van der Waals surface area contributed by atoms with Crippen LogP contribution in [0.25, 0.3) is 0 Å². The second kappa shape index (κ2) is 12.6. The molecule has 2 saturated heterocycles. The third-order valence-corrected chi connectivity index (χ3v) is 5.67. The first-order valence-electron chi connectivity index (χ1n) is 10.2. The average molecular weight is 502 g/mol. The van der Waals surface area contributed by atoms with E-state index in [-0.39, 0.29) is 24.0 Å². The van der Waals surface area contributed by atoms with Crippen LogP contribution in [0.1, 0.15) is 24.8 Å². The van der Waals surface area contributed by atoms with E-state index in [9.17, 15) is 0 Å². The van der Waals surface area contributed by atoms with Crippen LogP contribution in [-0.2, 0) is 9.47 Å². The zero-order chi connectivity index (χ0) is 18.9. The van der Waals surface area contributed by atoms with E-state index < -0.39 is 0 Å². The van der Waals surface area contributed by atoms with Crippen LogP contribution in [0.2, 0.25) is 0 Å². The van der Waals surface area contributed by atoms with Crippen LogP contribution >= 0.6 is 24.0 Å². The Hall–Kier alpha value is -0.900. The summed E-state index contributed by atoms with van der Waals surface area (Å²) in [4.78, 5) is 6.97. The quantitative estimate of drug-likeness (QED) is 0.341. The fourth-order valence-electron chi connectivity index (χ4n) is 3.93. The lowest BCUT2D eigenvalue weighted by Gasteiger charge is -2.37. The van der Waals surface area contributed by atoms with E-state index in [4.69, 9.17) is 9.47 Å². The molecule has 0 spiro atoms. The summed E-state index contributed by atoms with van der Waals surface area (Å²) in [5.74, 6) is 1.88. The van der Waals surface area contributed by atoms with Crippen molar-refractivity contribution in [2.24, 2.45) is 10.9 Å². The molecule has 2 heterocycles. The van der Waals surface area contributed by atoms with Gasteiger partial charge in [-0.2, -0.15) is 0 Å². The molecule has 158 valence electrons. The van der Waals surface area contributed by atoms with Crippen LogP contribution in [0.5, 0.6) is 0 Å². The Morgan fingerprint density at radius 2 is 1.82 bits per heavy atom. The van der Waals surface area contributed by atoms with Gasteiger partial charge in [0.05, 0.1) is 19.8 Å². The molecule has 1 aromatic rings. The van der Waals surface area contributed by atoms with E-state index in [2.05, 4.69) is 57.8 Å². The molecule has 2 fully saturated rings. The number of hydrogen-bond donors (Lipinski definition) is 2. The van der Waals surface area contributed by atoms with E-state index >= 15 is 0 Å². The van der Waals surface area contributed by atoms with Crippen molar-refractivity contribution in [3.05, 3.63) is 35.9 Å². The van der Waals surface area contributed by atoms with Gasteiger partial charge in [0.1, 0.15) is 0 Å². The summed E-state index contributed by atoms with van der Waals surface area (Å²) in [6.07, 6.45) is 1.14. The SMILES string of the molecule is CN=C(NCC(C)c1ccccc1)NCC(C1CCOC1)N1CCOCC1.I. The molecule has 0 aromatic heterocycles. The Kier molecular flexibility index (Phi) is 10.5. The van der Waals surface area contributed by atoms with Crippen LogP contribution in [0.15, 0.2) is 35.3 Å². The zero-order valence-electron chi connectivity index (χ0n) is 17.1. The highest BCUT2D eigenvalue weighted by Crippen LogP contribution is 2.22. The molecule has 0 saturated carbocycles. The van der Waals surface area contributed by atoms with Crippen molar-refractivity contribution in [1.82, 2.24) is 15.5 Å². The molecule has 2 N–H and O–H groups in total. The van der Waals surface area contributed by atoms with Crippen molar-refractivity contribution in [3.63, 3.8) is 0 Å². The molecule has 2 aliphatic rings. The van der Waals surface area contributed by atoms with Gasteiger partial charge in [-0.3, -0.25) is 9.89 Å². The fraction of sp³-hybridized carbons (Fsp3) is 0.667. The second-order valence-corrected chi connectivity index (χ2v) is 7.49. The van der Waals surface area contributed by atoms with Gasteiger partial charge in [0, 0.05) is 51.8 Å². The first-order valence-corrected chi connectivity index (χ1v) is 10.2. The molecule has 3 rings (SSSR count). The van der Waals surface area contributed by atoms with Crippen molar-refractivity contribution in [1.29, 1.82) is 0 Å². The largest absolute Gasteiger partial charge is 0.381 e. The Morgan fingerprint density at radius 3 is 2.46 bits per heavy atom. The van der Waals surface area contributed by atoms with E-state index in [0.717, 1.165) is 65.0 Å². The van der Waals surface area contributed by atoms with Gasteiger partial charge < -0.3 is 20.1 Å². The van der Waals surface area contributed by atoms with E-state index in [1.807, 2.05) is 7.05 Å². The summed E-state index contributed by atoms with van der Waals surface area (Å²) < 4.78 is 11.2. The molecule has 0 radical (unpaired) electrons. The maximum Gasteiger partial charge on any atom is 0.191 e. The third kappa shape index (κ3) is 6.86. The lowest BCUT2D eigenvalue weighted by Crippen LogP contribution is -2.53. The first-order chi connectivity index (χ1) is 13.3. The normalized spacial score (nSPS) is 22.9. The Bertz CT molecular complexity index is 575. The summed E-state index contributed by atoms with van der Waals surface area (Å²) in [6.45, 7) is 9.37. The minimum atomic E-state index is 0. The maximum atomic E-state index is 5.66. The molecular weight excluding hydrogens is 467 g/mol. The number of ether oxygens (including phenoxy) is 2. The van der Waals surface area contributed by atoms with Gasteiger partial charge in [-0.05, 0) is 17.9 Å². The predicted octanol–water partition coefficient (Wildman–Crippen LogP) is 2.31. The molecule has 0 aliphatic carbocycles. The van der Waals surface area contributed by atoms with Gasteiger partial charge in [0.25, 0.3) is 0 Å². The van der Waals surface area contributed by atoms with Crippen molar-refractivity contribution < 1.29 is 9.47 Å². The molecule has 2 aliphatic heterocycles. The molecule has 0 bridgehead atoms. The molecule has 3 atom stereocenters. The smallest absolute Gasteiger partial charge is 0.191 e. The van der Waals surface area contributed by atoms with Gasteiger partial charge in [-0.25, -0.2) is 0 Å². The van der Waals surface area contributed by atoms with E-state index in [1.165, 1.54) is 5.56 Å². The lowest BCUT2D eigenvalue weighted by atomic mass is 9.97. The number of aliphatic imine (C=N–C) groups is 1. The summed E-state index contributed by atoms with van der Waals surface area (Å²) in [7, 11) is 1.84. The molecule has 28 heavy (non-hydrogen) atoms. The van der Waals surface area contributed by atoms with Crippen molar-refractivity contribution >= 4 is 29.9 Å². The number of halogens is 1. The highest BCUT2D eigenvalue weighted by molar-refractivity contribution is 14.0. The molecule has 6 nitrogen and oxygen atoms in total. The number of nitrogens with zero attached hydrogens (tertiary/aromatic N) is 2. The number of rotatable bonds is 7. The van der Waals surface area contributed by atoms with Crippen LogP contribution in [0, 0.1) is 5.92 Å². The Balaban J connectivity index is 0.00000280. The lowest BCUT2D eigenvalue weighted by molar-refractivity contribution is 0.00246. The number of hydrogen-bond acceptors (Lipinski definition) is 4. The van der Waals surface area contributed by atoms with Gasteiger partial charge in [-0.1, -0.05) is 37.3 Å². The summed E-state index contributed by atoms with van der Waals surface area (Å²) >= 11 is 0. The topological polar surface area (TPSA) is 58.1 Å². The number of guanidine groups is 1. The fourth-order valence-corrected chi connectivity index (χ4v) is 3.93. The minimum Gasteiger partial charge on any atom is -0.381 e. The monoisotopic (exact) mass is 502 g/mol.